The first-order valence-electron chi connectivity index (χ1n) is 6.64. The van der Waals surface area contributed by atoms with Gasteiger partial charge in [0, 0.05) is 10.5 Å². The average molecular weight is 342 g/mol. The van der Waals surface area contributed by atoms with Crippen molar-refractivity contribution in [3.63, 3.8) is 0 Å². The second-order valence-electron chi connectivity index (χ2n) is 4.89. The topological polar surface area (TPSA) is 57.6 Å². The molecule has 1 N–H and O–H groups in total. The second-order valence-corrected chi connectivity index (χ2v) is 5.81. The molecule has 0 saturated carbocycles. The van der Waals surface area contributed by atoms with Crippen molar-refractivity contribution in [3.8, 4) is 0 Å². The number of halogens is 1. The average Bonchev–Trinajstić information content (AvgIpc) is 2.43. The standard InChI is InChI=1S/C15H20BrNO3/c1-4-10(2)17(9-14(18)19)15(20)11(3)12-5-7-13(16)8-6-12/h5-8,10-11H,4,9H2,1-3H3,(H,18,19). The molecular weight excluding hydrogens is 322 g/mol. The Morgan fingerprint density at radius 2 is 1.80 bits per heavy atom. The van der Waals surface area contributed by atoms with E-state index < -0.39 is 5.97 Å². The Balaban J connectivity index is 2.93. The van der Waals surface area contributed by atoms with Gasteiger partial charge in [-0.25, -0.2) is 0 Å². The van der Waals surface area contributed by atoms with Gasteiger partial charge >= 0.3 is 5.97 Å². The zero-order valence-electron chi connectivity index (χ0n) is 12.0. The van der Waals surface area contributed by atoms with E-state index in [-0.39, 0.29) is 24.4 Å². The van der Waals surface area contributed by atoms with Gasteiger partial charge in [-0.15, -0.1) is 0 Å². The Morgan fingerprint density at radius 1 is 1.25 bits per heavy atom. The summed E-state index contributed by atoms with van der Waals surface area (Å²) in [6, 6.07) is 7.43. The van der Waals surface area contributed by atoms with Crippen LogP contribution in [0.5, 0.6) is 0 Å². The number of nitrogens with zero attached hydrogens (tertiary/aromatic N) is 1. The number of carbonyl (C=O) groups excluding carboxylic acids is 1. The van der Waals surface area contributed by atoms with Gasteiger partial charge in [0.15, 0.2) is 0 Å². The predicted octanol–water partition coefficient (Wildman–Crippen LogP) is 3.26. The SMILES string of the molecule is CCC(C)N(CC(=O)O)C(=O)C(C)c1ccc(Br)cc1. The van der Waals surface area contributed by atoms with Gasteiger partial charge in [0.2, 0.25) is 5.91 Å². The van der Waals surface area contributed by atoms with E-state index >= 15 is 0 Å². The van der Waals surface area contributed by atoms with Gasteiger partial charge in [-0.3, -0.25) is 9.59 Å². The predicted molar refractivity (Wildman–Crippen MR) is 81.7 cm³/mol. The van der Waals surface area contributed by atoms with Crippen molar-refractivity contribution in [1.82, 2.24) is 4.90 Å². The molecule has 1 rings (SSSR count). The number of amides is 1. The maximum atomic E-state index is 12.5. The number of aliphatic carboxylic acids is 1. The molecule has 4 nitrogen and oxygen atoms in total. The number of carbonyl (C=O) groups is 2. The first-order chi connectivity index (χ1) is 9.36. The lowest BCUT2D eigenvalue weighted by Gasteiger charge is -2.29. The molecule has 0 fully saturated rings. The lowest BCUT2D eigenvalue weighted by molar-refractivity contribution is -0.146. The third-order valence-electron chi connectivity index (χ3n) is 3.45. The summed E-state index contributed by atoms with van der Waals surface area (Å²) in [6.45, 7) is 5.36. The fraction of sp³-hybridized carbons (Fsp3) is 0.467. The molecule has 1 aromatic rings. The van der Waals surface area contributed by atoms with Gasteiger partial charge in [0.25, 0.3) is 0 Å². The van der Waals surface area contributed by atoms with Crippen LogP contribution in [0.2, 0.25) is 0 Å². The maximum Gasteiger partial charge on any atom is 0.323 e. The van der Waals surface area contributed by atoms with E-state index in [2.05, 4.69) is 15.9 Å². The van der Waals surface area contributed by atoms with Crippen LogP contribution in [0.15, 0.2) is 28.7 Å². The highest BCUT2D eigenvalue weighted by atomic mass is 79.9. The zero-order chi connectivity index (χ0) is 15.3. The van der Waals surface area contributed by atoms with Gasteiger partial charge in [0.1, 0.15) is 6.54 Å². The van der Waals surface area contributed by atoms with Gasteiger partial charge in [-0.1, -0.05) is 35.0 Å². The molecule has 1 amide bonds. The van der Waals surface area contributed by atoms with Crippen LogP contribution >= 0.6 is 15.9 Å². The van der Waals surface area contributed by atoms with E-state index in [1.807, 2.05) is 45.0 Å². The zero-order valence-corrected chi connectivity index (χ0v) is 13.6. The molecule has 0 spiro atoms. The van der Waals surface area contributed by atoms with E-state index in [1.165, 1.54) is 4.90 Å². The summed E-state index contributed by atoms with van der Waals surface area (Å²) in [6.07, 6.45) is 0.728. The number of benzene rings is 1. The fourth-order valence-corrected chi connectivity index (χ4v) is 2.22. The van der Waals surface area contributed by atoms with Crippen LogP contribution in [-0.2, 0) is 9.59 Å². The molecule has 110 valence electrons. The molecule has 1 aromatic carbocycles. The van der Waals surface area contributed by atoms with Crippen molar-refractivity contribution in [3.05, 3.63) is 34.3 Å². The molecule has 0 saturated heterocycles. The molecule has 0 aromatic heterocycles. The number of carboxylic acid groups (broad SMARTS) is 1. The van der Waals surface area contributed by atoms with Crippen molar-refractivity contribution < 1.29 is 14.7 Å². The largest absolute Gasteiger partial charge is 0.480 e. The molecule has 0 aliphatic carbocycles. The molecule has 20 heavy (non-hydrogen) atoms. The highest BCUT2D eigenvalue weighted by Crippen LogP contribution is 2.22. The second kappa shape index (κ2) is 7.43. The van der Waals surface area contributed by atoms with Gasteiger partial charge < -0.3 is 10.0 Å². The van der Waals surface area contributed by atoms with Crippen molar-refractivity contribution in [2.45, 2.75) is 39.2 Å². The molecule has 0 bridgehead atoms. The Morgan fingerprint density at radius 3 is 2.25 bits per heavy atom. The van der Waals surface area contributed by atoms with Crippen LogP contribution in [0.3, 0.4) is 0 Å². The van der Waals surface area contributed by atoms with Gasteiger partial charge in [-0.2, -0.15) is 0 Å². The van der Waals surface area contributed by atoms with Crippen LogP contribution < -0.4 is 0 Å². The smallest absolute Gasteiger partial charge is 0.323 e. The van der Waals surface area contributed by atoms with Gasteiger partial charge in [-0.05, 0) is 38.0 Å². The molecular formula is C15H20BrNO3. The molecule has 0 radical (unpaired) electrons. The molecule has 5 heteroatoms. The lowest BCUT2D eigenvalue weighted by Crippen LogP contribution is -2.43. The Bertz CT molecular complexity index is 473. The van der Waals surface area contributed by atoms with E-state index in [9.17, 15) is 9.59 Å². The monoisotopic (exact) mass is 341 g/mol. The Kier molecular flexibility index (Phi) is 6.20. The van der Waals surface area contributed by atoms with E-state index in [4.69, 9.17) is 5.11 Å². The summed E-state index contributed by atoms with van der Waals surface area (Å²) in [5.74, 6) is -1.48. The number of hydrogen-bond acceptors (Lipinski definition) is 2. The van der Waals surface area contributed by atoms with E-state index in [1.54, 1.807) is 0 Å². The summed E-state index contributed by atoms with van der Waals surface area (Å²) in [5.41, 5.74) is 0.886. The minimum atomic E-state index is -0.985. The summed E-state index contributed by atoms with van der Waals surface area (Å²) >= 11 is 3.35. The molecule has 0 heterocycles. The normalized spacial score (nSPS) is 13.6. The summed E-state index contributed by atoms with van der Waals surface area (Å²) in [7, 11) is 0. The first kappa shape index (κ1) is 16.7. The Hall–Kier alpha value is -1.36. The maximum absolute atomic E-state index is 12.5. The minimum absolute atomic E-state index is 0.0866. The van der Waals surface area contributed by atoms with Crippen LogP contribution in [0.1, 0.15) is 38.7 Å². The highest BCUT2D eigenvalue weighted by Gasteiger charge is 2.26. The van der Waals surface area contributed by atoms with Crippen molar-refractivity contribution in [2.24, 2.45) is 0 Å². The first-order valence-corrected chi connectivity index (χ1v) is 7.43. The summed E-state index contributed by atoms with van der Waals surface area (Å²) in [5, 5.41) is 8.97. The van der Waals surface area contributed by atoms with Crippen LogP contribution in [0.25, 0.3) is 0 Å². The van der Waals surface area contributed by atoms with Crippen LogP contribution in [-0.4, -0.2) is 34.5 Å². The number of rotatable bonds is 6. The Labute approximate surface area is 127 Å². The minimum Gasteiger partial charge on any atom is -0.480 e. The van der Waals surface area contributed by atoms with E-state index in [0.717, 1.165) is 16.5 Å². The third-order valence-corrected chi connectivity index (χ3v) is 3.98. The fourth-order valence-electron chi connectivity index (χ4n) is 1.96. The molecule has 0 aliphatic heterocycles. The summed E-state index contributed by atoms with van der Waals surface area (Å²) in [4.78, 5) is 24.9. The van der Waals surface area contributed by atoms with Crippen molar-refractivity contribution in [1.29, 1.82) is 0 Å². The van der Waals surface area contributed by atoms with E-state index in [0.29, 0.717) is 0 Å². The molecule has 0 aliphatic rings. The molecule has 2 atom stereocenters. The molecule has 2 unspecified atom stereocenters. The van der Waals surface area contributed by atoms with Crippen molar-refractivity contribution >= 4 is 27.8 Å². The summed E-state index contributed by atoms with van der Waals surface area (Å²) < 4.78 is 0.949. The number of carboxylic acids is 1. The van der Waals surface area contributed by atoms with Crippen molar-refractivity contribution in [2.75, 3.05) is 6.54 Å². The van der Waals surface area contributed by atoms with Crippen LogP contribution in [0, 0.1) is 0 Å². The van der Waals surface area contributed by atoms with Gasteiger partial charge in [0.05, 0.1) is 5.92 Å². The lowest BCUT2D eigenvalue weighted by atomic mass is 9.99. The quantitative estimate of drug-likeness (QED) is 0.863. The number of hydrogen-bond donors (Lipinski definition) is 1. The highest BCUT2D eigenvalue weighted by molar-refractivity contribution is 9.10. The third kappa shape index (κ3) is 4.34. The van der Waals surface area contributed by atoms with Crippen LogP contribution in [0.4, 0.5) is 0 Å².